The molecular formula is C8H6OZn+2. The van der Waals surface area contributed by atoms with E-state index in [0.717, 1.165) is 5.56 Å². The average Bonchev–Trinajstić information content (AvgIpc) is 1.91. The normalized spacial score (nSPS) is 7.20. The van der Waals surface area contributed by atoms with E-state index in [1.165, 1.54) is 6.08 Å². The van der Waals surface area contributed by atoms with Gasteiger partial charge in [-0.15, -0.1) is 0 Å². The molecule has 0 bridgehead atoms. The minimum Gasteiger partial charge on any atom is -0.233 e. The van der Waals surface area contributed by atoms with E-state index in [1.807, 2.05) is 30.3 Å². The van der Waals surface area contributed by atoms with Crippen LogP contribution in [0, 0.1) is 0 Å². The summed E-state index contributed by atoms with van der Waals surface area (Å²) in [6, 6.07) is 9.37. The molecule has 44 valence electrons. The molecule has 10 heavy (non-hydrogen) atoms. The molecule has 1 nitrogen and oxygen atoms in total. The molecule has 0 amide bonds. The molecule has 1 aromatic rings. The van der Waals surface area contributed by atoms with Crippen LogP contribution in [0.5, 0.6) is 0 Å². The van der Waals surface area contributed by atoms with Crippen LogP contribution < -0.4 is 0 Å². The molecule has 0 saturated carbocycles. The third-order valence-corrected chi connectivity index (χ3v) is 1.03. The largest absolute Gasteiger partial charge is 2.00 e. The van der Waals surface area contributed by atoms with Crippen molar-refractivity contribution in [3.8, 4) is 0 Å². The zero-order valence-electron chi connectivity index (χ0n) is 5.58. The molecule has 2 heteroatoms. The molecular weight excluding hydrogens is 177 g/mol. The first-order valence-corrected chi connectivity index (χ1v) is 2.69. The van der Waals surface area contributed by atoms with Crippen molar-refractivity contribution >= 4 is 12.0 Å². The zero-order chi connectivity index (χ0) is 6.53. The fourth-order valence-electron chi connectivity index (χ4n) is 0.617. The molecule has 0 atom stereocenters. The van der Waals surface area contributed by atoms with Gasteiger partial charge in [-0.1, -0.05) is 30.3 Å². The number of benzene rings is 1. The molecule has 0 spiro atoms. The van der Waals surface area contributed by atoms with Crippen LogP contribution in [-0.4, -0.2) is 5.94 Å². The fourth-order valence-corrected chi connectivity index (χ4v) is 0.617. The third-order valence-electron chi connectivity index (χ3n) is 1.03. The van der Waals surface area contributed by atoms with E-state index in [1.54, 1.807) is 5.94 Å². The summed E-state index contributed by atoms with van der Waals surface area (Å²) in [7, 11) is 0. The van der Waals surface area contributed by atoms with Gasteiger partial charge in [0.1, 0.15) is 5.94 Å². The molecule has 0 fully saturated rings. The number of hydrogen-bond donors (Lipinski definition) is 0. The summed E-state index contributed by atoms with van der Waals surface area (Å²) in [5.74, 6) is 1.71. The van der Waals surface area contributed by atoms with Crippen LogP contribution in [-0.2, 0) is 24.3 Å². The van der Waals surface area contributed by atoms with E-state index >= 15 is 0 Å². The van der Waals surface area contributed by atoms with Gasteiger partial charge in [-0.05, 0) is 5.56 Å². The summed E-state index contributed by atoms with van der Waals surface area (Å²) in [6.45, 7) is 0. The number of carbonyl (C=O) groups excluding carboxylic acids is 1. The Hall–Kier alpha value is -0.707. The summed E-state index contributed by atoms with van der Waals surface area (Å²) in [5, 5.41) is 0. The maximum absolute atomic E-state index is 9.79. The van der Waals surface area contributed by atoms with Gasteiger partial charge in [0.15, 0.2) is 0 Å². The van der Waals surface area contributed by atoms with Gasteiger partial charge in [0, 0.05) is 6.08 Å². The summed E-state index contributed by atoms with van der Waals surface area (Å²) in [4.78, 5) is 9.79. The Bertz CT molecular complexity index is 224. The summed E-state index contributed by atoms with van der Waals surface area (Å²) in [6.07, 6.45) is 1.40. The van der Waals surface area contributed by atoms with E-state index in [4.69, 9.17) is 0 Å². The molecule has 0 aliphatic heterocycles. The Morgan fingerprint density at radius 1 is 1.20 bits per heavy atom. The van der Waals surface area contributed by atoms with Crippen LogP contribution in [0.2, 0.25) is 0 Å². The minimum atomic E-state index is 0. The molecule has 1 aromatic carbocycles. The van der Waals surface area contributed by atoms with Crippen LogP contribution in [0.4, 0.5) is 0 Å². The van der Waals surface area contributed by atoms with Gasteiger partial charge < -0.3 is 0 Å². The Morgan fingerprint density at radius 3 is 2.30 bits per heavy atom. The van der Waals surface area contributed by atoms with Crippen LogP contribution in [0.15, 0.2) is 30.3 Å². The smallest absolute Gasteiger partial charge is 0.233 e. The van der Waals surface area contributed by atoms with Gasteiger partial charge in [0.05, 0.1) is 0 Å². The Morgan fingerprint density at radius 2 is 1.80 bits per heavy atom. The molecule has 0 radical (unpaired) electrons. The maximum Gasteiger partial charge on any atom is 2.00 e. The van der Waals surface area contributed by atoms with Crippen LogP contribution in [0.3, 0.4) is 0 Å². The van der Waals surface area contributed by atoms with Crippen molar-refractivity contribution in [2.75, 3.05) is 0 Å². The predicted octanol–water partition coefficient (Wildman–Crippen LogP) is 1.53. The first-order chi connectivity index (χ1) is 4.43. The Labute approximate surface area is 72.5 Å². The second-order valence-corrected chi connectivity index (χ2v) is 1.67. The van der Waals surface area contributed by atoms with E-state index in [0.29, 0.717) is 0 Å². The monoisotopic (exact) mass is 182 g/mol. The van der Waals surface area contributed by atoms with Crippen molar-refractivity contribution in [2.45, 2.75) is 0 Å². The summed E-state index contributed by atoms with van der Waals surface area (Å²) in [5.41, 5.74) is 0.896. The zero-order valence-corrected chi connectivity index (χ0v) is 8.55. The third kappa shape index (κ3) is 2.73. The summed E-state index contributed by atoms with van der Waals surface area (Å²) < 4.78 is 0. The van der Waals surface area contributed by atoms with Gasteiger partial charge in [-0.2, -0.15) is 0 Å². The van der Waals surface area contributed by atoms with Gasteiger partial charge in [0.2, 0.25) is 0 Å². The maximum atomic E-state index is 9.79. The first-order valence-electron chi connectivity index (χ1n) is 2.69. The van der Waals surface area contributed by atoms with Crippen molar-refractivity contribution in [1.82, 2.24) is 0 Å². The van der Waals surface area contributed by atoms with Crippen molar-refractivity contribution in [3.05, 3.63) is 35.9 Å². The molecule has 0 heterocycles. The molecule has 0 unspecified atom stereocenters. The van der Waals surface area contributed by atoms with E-state index in [-0.39, 0.29) is 19.5 Å². The van der Waals surface area contributed by atoms with Crippen molar-refractivity contribution < 1.29 is 24.3 Å². The average molecular weight is 184 g/mol. The standard InChI is InChI=1S/C8H6O.Zn/c9-7-6-8-4-2-1-3-5-8;/h1-6H;/q;+2. The first kappa shape index (κ1) is 9.29. The van der Waals surface area contributed by atoms with Gasteiger partial charge >= 0.3 is 19.5 Å². The van der Waals surface area contributed by atoms with Gasteiger partial charge in [0.25, 0.3) is 0 Å². The quantitative estimate of drug-likeness (QED) is 0.477. The van der Waals surface area contributed by atoms with E-state index in [9.17, 15) is 4.79 Å². The molecule has 1 rings (SSSR count). The van der Waals surface area contributed by atoms with Gasteiger partial charge in [-0.25, -0.2) is 4.79 Å². The van der Waals surface area contributed by atoms with Crippen LogP contribution in [0.1, 0.15) is 5.56 Å². The number of hydrogen-bond acceptors (Lipinski definition) is 1. The van der Waals surface area contributed by atoms with Crippen LogP contribution in [0.25, 0.3) is 6.08 Å². The van der Waals surface area contributed by atoms with Gasteiger partial charge in [-0.3, -0.25) is 0 Å². The van der Waals surface area contributed by atoms with Crippen molar-refractivity contribution in [2.24, 2.45) is 0 Å². The predicted molar refractivity (Wildman–Crippen MR) is 36.6 cm³/mol. The van der Waals surface area contributed by atoms with E-state index in [2.05, 4.69) is 0 Å². The number of rotatable bonds is 1. The van der Waals surface area contributed by atoms with E-state index < -0.39 is 0 Å². The van der Waals surface area contributed by atoms with Crippen LogP contribution >= 0.6 is 0 Å². The Balaban J connectivity index is 0.000000810. The molecule has 0 aliphatic carbocycles. The minimum absolute atomic E-state index is 0. The topological polar surface area (TPSA) is 17.1 Å². The summed E-state index contributed by atoms with van der Waals surface area (Å²) >= 11 is 0. The second-order valence-electron chi connectivity index (χ2n) is 1.67. The Kier molecular flexibility index (Phi) is 4.75. The second kappa shape index (κ2) is 5.11. The molecule has 0 N–H and O–H groups in total. The molecule has 0 aromatic heterocycles. The van der Waals surface area contributed by atoms with Crippen molar-refractivity contribution in [3.63, 3.8) is 0 Å². The fraction of sp³-hybridized carbons (Fsp3) is 0. The SMILES string of the molecule is O=C=Cc1ccccc1.[Zn+2]. The molecule has 0 saturated heterocycles. The van der Waals surface area contributed by atoms with Crippen molar-refractivity contribution in [1.29, 1.82) is 0 Å². The molecule has 0 aliphatic rings.